The summed E-state index contributed by atoms with van der Waals surface area (Å²) in [6.07, 6.45) is 0.967. The van der Waals surface area contributed by atoms with Crippen LogP contribution in [-0.4, -0.2) is 14.2 Å². The standard InChI is InChI=1S/C19H23NO3S/c1-5-19(3,4)16-9-11-18(12-10-16)24(22,23)20-17-8-6-7-15(13-17)14(2)21/h6-13,20H,5H2,1-4H3. The third-order valence-corrected chi connectivity index (χ3v) is 5.75. The first-order valence-corrected chi connectivity index (χ1v) is 9.38. The van der Waals surface area contributed by atoms with Gasteiger partial charge in [0.15, 0.2) is 5.78 Å². The Bertz CT molecular complexity index is 837. The van der Waals surface area contributed by atoms with Gasteiger partial charge in [0.1, 0.15) is 0 Å². The Morgan fingerprint density at radius 1 is 1.08 bits per heavy atom. The van der Waals surface area contributed by atoms with Crippen LogP contribution in [0.4, 0.5) is 5.69 Å². The maximum absolute atomic E-state index is 12.5. The van der Waals surface area contributed by atoms with E-state index >= 15 is 0 Å². The van der Waals surface area contributed by atoms with Gasteiger partial charge in [-0.1, -0.05) is 45.0 Å². The van der Waals surface area contributed by atoms with Crippen molar-refractivity contribution in [3.05, 3.63) is 59.7 Å². The first-order chi connectivity index (χ1) is 11.2. The van der Waals surface area contributed by atoms with Gasteiger partial charge < -0.3 is 0 Å². The van der Waals surface area contributed by atoms with E-state index in [4.69, 9.17) is 0 Å². The number of Topliss-reactive ketones (excluding diaryl/α,β-unsaturated/α-hetero) is 1. The monoisotopic (exact) mass is 345 g/mol. The van der Waals surface area contributed by atoms with E-state index < -0.39 is 10.0 Å². The fraction of sp³-hybridized carbons (Fsp3) is 0.316. The van der Waals surface area contributed by atoms with Crippen LogP contribution < -0.4 is 4.72 Å². The minimum absolute atomic E-state index is 0.00550. The molecule has 0 fully saturated rings. The van der Waals surface area contributed by atoms with Crippen molar-refractivity contribution >= 4 is 21.5 Å². The highest BCUT2D eigenvalue weighted by Gasteiger charge is 2.20. The highest BCUT2D eigenvalue weighted by molar-refractivity contribution is 7.92. The molecule has 0 spiro atoms. The molecule has 0 radical (unpaired) electrons. The first-order valence-electron chi connectivity index (χ1n) is 7.90. The minimum Gasteiger partial charge on any atom is -0.295 e. The van der Waals surface area contributed by atoms with Gasteiger partial charge in [-0.15, -0.1) is 0 Å². The van der Waals surface area contributed by atoms with Gasteiger partial charge >= 0.3 is 0 Å². The van der Waals surface area contributed by atoms with Crippen LogP contribution in [0, 0.1) is 0 Å². The lowest BCUT2D eigenvalue weighted by Crippen LogP contribution is -2.17. The molecular weight excluding hydrogens is 322 g/mol. The molecule has 128 valence electrons. The van der Waals surface area contributed by atoms with Crippen molar-refractivity contribution in [1.29, 1.82) is 0 Å². The van der Waals surface area contributed by atoms with Crippen LogP contribution in [-0.2, 0) is 15.4 Å². The number of rotatable bonds is 6. The predicted octanol–water partition coefficient (Wildman–Crippen LogP) is 4.38. The summed E-state index contributed by atoms with van der Waals surface area (Å²) >= 11 is 0. The van der Waals surface area contributed by atoms with Gasteiger partial charge in [-0.3, -0.25) is 9.52 Å². The second-order valence-electron chi connectivity index (χ2n) is 6.50. The summed E-state index contributed by atoms with van der Waals surface area (Å²) in [4.78, 5) is 11.6. The maximum Gasteiger partial charge on any atom is 0.261 e. The van der Waals surface area contributed by atoms with Gasteiger partial charge in [0.25, 0.3) is 10.0 Å². The molecule has 2 rings (SSSR count). The average molecular weight is 345 g/mol. The predicted molar refractivity (Wildman–Crippen MR) is 97.0 cm³/mol. The highest BCUT2D eigenvalue weighted by atomic mass is 32.2. The molecule has 0 aliphatic carbocycles. The van der Waals surface area contributed by atoms with Gasteiger partial charge in [0.2, 0.25) is 0 Å². The number of carbonyl (C=O) groups is 1. The lowest BCUT2D eigenvalue weighted by Gasteiger charge is -2.23. The zero-order valence-corrected chi connectivity index (χ0v) is 15.3. The van der Waals surface area contributed by atoms with E-state index in [0.717, 1.165) is 12.0 Å². The number of carbonyl (C=O) groups excluding carboxylic acids is 1. The van der Waals surface area contributed by atoms with Crippen LogP contribution in [0.15, 0.2) is 53.4 Å². The molecule has 0 amide bonds. The van der Waals surface area contributed by atoms with Gasteiger partial charge in [0, 0.05) is 11.3 Å². The van der Waals surface area contributed by atoms with Crippen LogP contribution in [0.5, 0.6) is 0 Å². The second-order valence-corrected chi connectivity index (χ2v) is 8.19. The Hall–Kier alpha value is -2.14. The van der Waals surface area contributed by atoms with Gasteiger partial charge in [0.05, 0.1) is 4.90 Å². The van der Waals surface area contributed by atoms with Crippen LogP contribution in [0.2, 0.25) is 0 Å². The molecule has 4 nitrogen and oxygen atoms in total. The van der Waals surface area contributed by atoms with Gasteiger partial charge in [-0.2, -0.15) is 0 Å². The topological polar surface area (TPSA) is 63.2 Å². The van der Waals surface area contributed by atoms with Crippen molar-refractivity contribution in [2.24, 2.45) is 0 Å². The molecule has 24 heavy (non-hydrogen) atoms. The molecule has 0 bridgehead atoms. The van der Waals surface area contributed by atoms with E-state index in [1.54, 1.807) is 30.3 Å². The van der Waals surface area contributed by atoms with E-state index in [0.29, 0.717) is 11.3 Å². The van der Waals surface area contributed by atoms with Crippen LogP contribution in [0.3, 0.4) is 0 Å². The number of benzene rings is 2. The van der Waals surface area contributed by atoms with Crippen LogP contribution in [0.1, 0.15) is 50.0 Å². The van der Waals surface area contributed by atoms with Gasteiger partial charge in [-0.05, 0) is 48.6 Å². The maximum atomic E-state index is 12.5. The van der Waals surface area contributed by atoms with E-state index in [1.165, 1.54) is 13.0 Å². The van der Waals surface area contributed by atoms with Crippen molar-refractivity contribution in [1.82, 2.24) is 0 Å². The van der Waals surface area contributed by atoms with Crippen LogP contribution in [0.25, 0.3) is 0 Å². The number of ketones is 1. The highest BCUT2D eigenvalue weighted by Crippen LogP contribution is 2.28. The Balaban J connectivity index is 2.28. The van der Waals surface area contributed by atoms with Crippen molar-refractivity contribution in [3.8, 4) is 0 Å². The summed E-state index contributed by atoms with van der Waals surface area (Å²) in [6, 6.07) is 13.4. The van der Waals surface area contributed by atoms with Crippen molar-refractivity contribution < 1.29 is 13.2 Å². The lowest BCUT2D eigenvalue weighted by atomic mass is 9.82. The second kappa shape index (κ2) is 6.77. The molecule has 2 aromatic rings. The molecule has 0 atom stereocenters. The molecule has 0 aromatic heterocycles. The Labute approximate surface area is 144 Å². The largest absolute Gasteiger partial charge is 0.295 e. The number of hydrogen-bond donors (Lipinski definition) is 1. The van der Waals surface area contributed by atoms with Gasteiger partial charge in [-0.25, -0.2) is 8.42 Å². The molecule has 0 unspecified atom stereocenters. The van der Waals surface area contributed by atoms with E-state index in [9.17, 15) is 13.2 Å². The number of sulfonamides is 1. The minimum atomic E-state index is -3.69. The first kappa shape index (κ1) is 18.2. The molecule has 0 saturated carbocycles. The average Bonchev–Trinajstić information content (AvgIpc) is 2.54. The lowest BCUT2D eigenvalue weighted by molar-refractivity contribution is 0.101. The fourth-order valence-corrected chi connectivity index (χ4v) is 3.35. The normalized spacial score (nSPS) is 12.0. The number of nitrogens with one attached hydrogen (secondary N) is 1. The van der Waals surface area contributed by atoms with Crippen molar-refractivity contribution in [3.63, 3.8) is 0 Å². The zero-order valence-electron chi connectivity index (χ0n) is 14.5. The van der Waals surface area contributed by atoms with Crippen molar-refractivity contribution in [2.75, 3.05) is 4.72 Å². The summed E-state index contributed by atoms with van der Waals surface area (Å²) in [5.74, 6) is -0.109. The fourth-order valence-electron chi connectivity index (χ4n) is 2.31. The Kier molecular flexibility index (Phi) is 5.13. The molecule has 0 aliphatic rings. The Morgan fingerprint density at radius 2 is 1.71 bits per heavy atom. The number of anilines is 1. The summed E-state index contributed by atoms with van der Waals surface area (Å²) in [7, 11) is -3.69. The quantitative estimate of drug-likeness (QED) is 0.790. The SMILES string of the molecule is CCC(C)(C)c1ccc(S(=O)(=O)Nc2cccc(C(C)=O)c2)cc1. The molecule has 5 heteroatoms. The molecule has 0 saturated heterocycles. The summed E-state index contributed by atoms with van der Waals surface area (Å²) in [5.41, 5.74) is 1.95. The van der Waals surface area contributed by atoms with E-state index in [-0.39, 0.29) is 16.1 Å². The summed E-state index contributed by atoms with van der Waals surface area (Å²) < 4.78 is 27.6. The molecule has 0 heterocycles. The van der Waals surface area contributed by atoms with E-state index in [2.05, 4.69) is 25.5 Å². The summed E-state index contributed by atoms with van der Waals surface area (Å²) in [6.45, 7) is 7.81. The summed E-state index contributed by atoms with van der Waals surface area (Å²) in [5, 5.41) is 0. The Morgan fingerprint density at radius 3 is 2.25 bits per heavy atom. The third kappa shape index (κ3) is 4.03. The zero-order chi connectivity index (χ0) is 18.0. The smallest absolute Gasteiger partial charge is 0.261 e. The molecule has 0 aliphatic heterocycles. The van der Waals surface area contributed by atoms with E-state index in [1.807, 2.05) is 12.1 Å². The van der Waals surface area contributed by atoms with Crippen molar-refractivity contribution in [2.45, 2.75) is 44.4 Å². The molecule has 1 N–H and O–H groups in total. The molecular formula is C19H23NO3S. The molecule has 2 aromatic carbocycles. The number of hydrogen-bond acceptors (Lipinski definition) is 3. The third-order valence-electron chi connectivity index (χ3n) is 4.35. The van der Waals surface area contributed by atoms with Crippen LogP contribution >= 0.6 is 0 Å².